The van der Waals surface area contributed by atoms with E-state index in [1.54, 1.807) is 0 Å². The van der Waals surface area contributed by atoms with Crippen molar-refractivity contribution in [1.82, 2.24) is 10.6 Å². The predicted molar refractivity (Wildman–Crippen MR) is 61.6 cm³/mol. The molecular formula is C11H20N2O4. The molecule has 3 atom stereocenters. The lowest BCUT2D eigenvalue weighted by molar-refractivity contribution is -0.142. The van der Waals surface area contributed by atoms with Crippen molar-refractivity contribution in [3.63, 3.8) is 0 Å². The second-order valence-corrected chi connectivity index (χ2v) is 4.31. The number of hydrogen-bond donors (Lipinski definition) is 3. The zero-order valence-corrected chi connectivity index (χ0v) is 10.2. The molecule has 0 radical (unpaired) electrons. The summed E-state index contributed by atoms with van der Waals surface area (Å²) in [4.78, 5) is 22.7. The van der Waals surface area contributed by atoms with Crippen molar-refractivity contribution in [3.05, 3.63) is 0 Å². The van der Waals surface area contributed by atoms with Crippen LogP contribution in [-0.4, -0.2) is 49.3 Å². The van der Waals surface area contributed by atoms with Crippen molar-refractivity contribution in [1.29, 1.82) is 0 Å². The summed E-state index contributed by atoms with van der Waals surface area (Å²) < 4.78 is 5.08. The van der Waals surface area contributed by atoms with E-state index in [-0.39, 0.29) is 25.0 Å². The van der Waals surface area contributed by atoms with E-state index < -0.39 is 17.9 Å². The highest BCUT2D eigenvalue weighted by Gasteiger charge is 2.35. The first-order valence-corrected chi connectivity index (χ1v) is 5.87. The highest BCUT2D eigenvalue weighted by molar-refractivity contribution is 5.80. The largest absolute Gasteiger partial charge is 0.481 e. The van der Waals surface area contributed by atoms with E-state index in [0.717, 1.165) is 6.54 Å². The normalized spacial score (nSPS) is 25.5. The monoisotopic (exact) mass is 244 g/mol. The summed E-state index contributed by atoms with van der Waals surface area (Å²) in [6.07, 6.45) is 0. The fraction of sp³-hybridized carbons (Fsp3) is 0.818. The maximum atomic E-state index is 11.8. The van der Waals surface area contributed by atoms with Crippen molar-refractivity contribution < 1.29 is 19.4 Å². The predicted octanol–water partition coefficient (Wildman–Crippen LogP) is -0.552. The van der Waals surface area contributed by atoms with Crippen LogP contribution < -0.4 is 10.6 Å². The molecule has 98 valence electrons. The van der Waals surface area contributed by atoms with Crippen LogP contribution in [0.15, 0.2) is 0 Å². The van der Waals surface area contributed by atoms with Crippen molar-refractivity contribution in [2.24, 2.45) is 11.8 Å². The number of carboxylic acids is 1. The molecule has 3 N–H and O–H groups in total. The Bertz CT molecular complexity index is 283. The van der Waals surface area contributed by atoms with E-state index in [4.69, 9.17) is 9.84 Å². The highest BCUT2D eigenvalue weighted by atomic mass is 16.5. The molecule has 1 fully saturated rings. The lowest BCUT2D eigenvalue weighted by atomic mass is 10.0. The second kappa shape index (κ2) is 6.56. The van der Waals surface area contributed by atoms with Crippen LogP contribution in [0.4, 0.5) is 0 Å². The van der Waals surface area contributed by atoms with Crippen molar-refractivity contribution in [3.8, 4) is 0 Å². The van der Waals surface area contributed by atoms with Gasteiger partial charge in [0.25, 0.3) is 0 Å². The van der Waals surface area contributed by atoms with Gasteiger partial charge in [0.2, 0.25) is 5.91 Å². The third-order valence-electron chi connectivity index (χ3n) is 2.87. The molecule has 1 heterocycles. The van der Waals surface area contributed by atoms with Gasteiger partial charge in [-0.3, -0.25) is 9.59 Å². The average molecular weight is 244 g/mol. The topological polar surface area (TPSA) is 87.7 Å². The van der Waals surface area contributed by atoms with Crippen LogP contribution in [0.25, 0.3) is 0 Å². The Morgan fingerprint density at radius 3 is 2.76 bits per heavy atom. The van der Waals surface area contributed by atoms with Crippen molar-refractivity contribution in [2.45, 2.75) is 19.9 Å². The van der Waals surface area contributed by atoms with Crippen LogP contribution in [0, 0.1) is 11.8 Å². The molecule has 0 bridgehead atoms. The molecule has 0 spiro atoms. The van der Waals surface area contributed by atoms with Crippen LogP contribution in [0.3, 0.4) is 0 Å². The summed E-state index contributed by atoms with van der Waals surface area (Å²) >= 11 is 0. The minimum atomic E-state index is -0.924. The van der Waals surface area contributed by atoms with E-state index >= 15 is 0 Å². The van der Waals surface area contributed by atoms with Gasteiger partial charge < -0.3 is 20.5 Å². The lowest BCUT2D eigenvalue weighted by Crippen LogP contribution is -2.46. The first-order chi connectivity index (χ1) is 8.06. The number of hydrogen-bond acceptors (Lipinski definition) is 4. The molecule has 0 aromatic carbocycles. The molecule has 1 saturated heterocycles. The average Bonchev–Trinajstić information content (AvgIpc) is 2.73. The molecule has 0 saturated carbocycles. The fourth-order valence-electron chi connectivity index (χ4n) is 1.72. The maximum absolute atomic E-state index is 11.8. The molecule has 1 aliphatic rings. The summed E-state index contributed by atoms with van der Waals surface area (Å²) in [5.41, 5.74) is 0. The quantitative estimate of drug-likeness (QED) is 0.583. The van der Waals surface area contributed by atoms with Gasteiger partial charge in [0.05, 0.1) is 19.3 Å². The number of aliphatic carboxylic acids is 1. The summed E-state index contributed by atoms with van der Waals surface area (Å²) in [6, 6.07) is -0.413. The van der Waals surface area contributed by atoms with Gasteiger partial charge in [-0.25, -0.2) is 0 Å². The zero-order valence-electron chi connectivity index (χ0n) is 10.2. The Hall–Kier alpha value is -1.14. The molecule has 3 unspecified atom stereocenters. The van der Waals surface area contributed by atoms with Gasteiger partial charge in [-0.1, -0.05) is 13.8 Å². The number of carboxylic acid groups (broad SMARTS) is 1. The Balaban J connectivity index is 2.42. The standard InChI is InChI=1S/C11H20N2O4/c1-3-12-4-7(2)10(14)13-9-6-17-5-8(9)11(15)16/h7-9,12H,3-6H2,1-2H3,(H,13,14)(H,15,16). The molecule has 17 heavy (non-hydrogen) atoms. The first kappa shape index (κ1) is 13.9. The van der Waals surface area contributed by atoms with Gasteiger partial charge in [-0.15, -0.1) is 0 Å². The van der Waals surface area contributed by atoms with Gasteiger partial charge >= 0.3 is 5.97 Å². The third kappa shape index (κ3) is 3.98. The van der Waals surface area contributed by atoms with E-state index in [9.17, 15) is 9.59 Å². The maximum Gasteiger partial charge on any atom is 0.311 e. The first-order valence-electron chi connectivity index (χ1n) is 5.87. The molecule has 6 heteroatoms. The van der Waals surface area contributed by atoms with Crippen LogP contribution in [0.1, 0.15) is 13.8 Å². The molecular weight excluding hydrogens is 224 g/mol. The SMILES string of the molecule is CCNCC(C)C(=O)NC1COCC1C(=O)O. The fourth-order valence-corrected chi connectivity index (χ4v) is 1.72. The number of nitrogens with one attached hydrogen (secondary N) is 2. The van der Waals surface area contributed by atoms with Crippen molar-refractivity contribution >= 4 is 11.9 Å². The van der Waals surface area contributed by atoms with E-state index in [1.807, 2.05) is 13.8 Å². The van der Waals surface area contributed by atoms with E-state index in [0.29, 0.717) is 6.54 Å². The number of amides is 1. The molecule has 1 aliphatic heterocycles. The molecule has 6 nitrogen and oxygen atoms in total. The van der Waals surface area contributed by atoms with Gasteiger partial charge in [-0.05, 0) is 6.54 Å². The van der Waals surface area contributed by atoms with E-state index in [2.05, 4.69) is 10.6 Å². The number of ether oxygens (including phenoxy) is 1. The molecule has 1 rings (SSSR count). The van der Waals surface area contributed by atoms with Gasteiger partial charge in [0.15, 0.2) is 0 Å². The minimum Gasteiger partial charge on any atom is -0.481 e. The summed E-state index contributed by atoms with van der Waals surface area (Å²) in [6.45, 7) is 5.62. The Morgan fingerprint density at radius 2 is 2.18 bits per heavy atom. The molecule has 0 aromatic heterocycles. The Morgan fingerprint density at radius 1 is 1.47 bits per heavy atom. The van der Waals surface area contributed by atoms with Gasteiger partial charge in [0.1, 0.15) is 5.92 Å². The van der Waals surface area contributed by atoms with Gasteiger partial charge in [-0.2, -0.15) is 0 Å². The second-order valence-electron chi connectivity index (χ2n) is 4.31. The summed E-state index contributed by atoms with van der Waals surface area (Å²) in [7, 11) is 0. The highest BCUT2D eigenvalue weighted by Crippen LogP contribution is 2.14. The Kier molecular flexibility index (Phi) is 5.37. The molecule has 0 aliphatic carbocycles. The van der Waals surface area contributed by atoms with Gasteiger partial charge in [0, 0.05) is 12.5 Å². The number of carbonyl (C=O) groups is 2. The van der Waals surface area contributed by atoms with Crippen LogP contribution >= 0.6 is 0 Å². The van der Waals surface area contributed by atoms with Crippen LogP contribution in [0.2, 0.25) is 0 Å². The number of rotatable bonds is 6. The van der Waals surface area contributed by atoms with Crippen LogP contribution in [-0.2, 0) is 14.3 Å². The minimum absolute atomic E-state index is 0.132. The third-order valence-corrected chi connectivity index (χ3v) is 2.87. The van der Waals surface area contributed by atoms with E-state index in [1.165, 1.54) is 0 Å². The smallest absolute Gasteiger partial charge is 0.311 e. The molecule has 1 amide bonds. The molecule has 0 aromatic rings. The summed E-state index contributed by atoms with van der Waals surface area (Å²) in [5, 5.41) is 14.7. The lowest BCUT2D eigenvalue weighted by Gasteiger charge is -2.19. The Labute approximate surface area is 101 Å². The van der Waals surface area contributed by atoms with Crippen LogP contribution in [0.5, 0.6) is 0 Å². The number of carbonyl (C=O) groups excluding carboxylic acids is 1. The van der Waals surface area contributed by atoms with Crippen molar-refractivity contribution in [2.75, 3.05) is 26.3 Å². The summed E-state index contributed by atoms with van der Waals surface area (Å²) in [5.74, 6) is -1.87. The zero-order chi connectivity index (χ0) is 12.8.